The minimum Gasteiger partial charge on any atom is -0.310 e. The number of hydrogen-bond donors (Lipinski definition) is 1. The van der Waals surface area contributed by atoms with Gasteiger partial charge in [0.2, 0.25) is 0 Å². The summed E-state index contributed by atoms with van der Waals surface area (Å²) in [6, 6.07) is 10.3. The molecule has 0 aliphatic carbocycles. The number of nitrogens with zero attached hydrogens (tertiary/aromatic N) is 1. The van der Waals surface area contributed by atoms with E-state index in [1.165, 1.54) is 43.5 Å². The van der Waals surface area contributed by atoms with Gasteiger partial charge in [-0.2, -0.15) is 0 Å². The molecule has 0 spiro atoms. The van der Waals surface area contributed by atoms with Crippen molar-refractivity contribution in [2.75, 3.05) is 19.6 Å². The third-order valence-corrected chi connectivity index (χ3v) is 4.82. The van der Waals surface area contributed by atoms with Gasteiger partial charge < -0.3 is 10.2 Å². The summed E-state index contributed by atoms with van der Waals surface area (Å²) in [5.74, 6) is 0.782. The first kappa shape index (κ1) is 16.5. The summed E-state index contributed by atoms with van der Waals surface area (Å²) in [7, 11) is 0. The molecule has 0 aromatic heterocycles. The first-order valence-electron chi connectivity index (χ1n) is 8.65. The van der Waals surface area contributed by atoms with Gasteiger partial charge in [-0.05, 0) is 50.8 Å². The third-order valence-electron chi connectivity index (χ3n) is 4.82. The van der Waals surface area contributed by atoms with Crippen molar-refractivity contribution in [1.82, 2.24) is 10.2 Å². The Morgan fingerprint density at radius 3 is 2.57 bits per heavy atom. The van der Waals surface area contributed by atoms with E-state index in [1.807, 2.05) is 0 Å². The zero-order valence-corrected chi connectivity index (χ0v) is 14.2. The Hall–Kier alpha value is -0.860. The van der Waals surface area contributed by atoms with Gasteiger partial charge in [0.05, 0.1) is 0 Å². The molecule has 0 bridgehead atoms. The summed E-state index contributed by atoms with van der Waals surface area (Å²) < 4.78 is 0. The summed E-state index contributed by atoms with van der Waals surface area (Å²) in [5, 5.41) is 3.66. The minimum absolute atomic E-state index is 0.490. The van der Waals surface area contributed by atoms with E-state index in [0.29, 0.717) is 6.04 Å². The first-order chi connectivity index (χ1) is 10.1. The van der Waals surface area contributed by atoms with Gasteiger partial charge in [-0.1, -0.05) is 50.6 Å². The van der Waals surface area contributed by atoms with Crippen LogP contribution in [0, 0.1) is 12.8 Å². The van der Waals surface area contributed by atoms with E-state index in [-0.39, 0.29) is 0 Å². The molecule has 0 amide bonds. The van der Waals surface area contributed by atoms with Crippen LogP contribution in [-0.2, 0) is 0 Å². The predicted octanol–water partition coefficient (Wildman–Crippen LogP) is 4.16. The molecule has 2 nitrogen and oxygen atoms in total. The number of nitrogens with one attached hydrogen (secondary N) is 1. The van der Waals surface area contributed by atoms with E-state index in [1.54, 1.807) is 0 Å². The van der Waals surface area contributed by atoms with E-state index in [9.17, 15) is 0 Å². The van der Waals surface area contributed by atoms with Crippen molar-refractivity contribution in [3.63, 3.8) is 0 Å². The smallest absolute Gasteiger partial charge is 0.0332 e. The molecule has 21 heavy (non-hydrogen) atoms. The summed E-state index contributed by atoms with van der Waals surface area (Å²) in [5.41, 5.74) is 2.77. The predicted molar refractivity (Wildman–Crippen MR) is 91.6 cm³/mol. The lowest BCUT2D eigenvalue weighted by molar-refractivity contribution is 0.197. The molecule has 2 atom stereocenters. The molecule has 1 aromatic carbocycles. The molecule has 2 heteroatoms. The molecule has 1 heterocycles. The fourth-order valence-electron chi connectivity index (χ4n) is 3.61. The third kappa shape index (κ3) is 4.55. The molecule has 1 saturated heterocycles. The zero-order chi connectivity index (χ0) is 15.2. The second kappa shape index (κ2) is 7.95. The Bertz CT molecular complexity index is 410. The maximum absolute atomic E-state index is 3.66. The van der Waals surface area contributed by atoms with E-state index < -0.39 is 0 Å². The molecule has 2 rings (SSSR count). The topological polar surface area (TPSA) is 15.3 Å². The first-order valence-corrected chi connectivity index (χ1v) is 8.65. The molecular formula is C19H32N2. The Morgan fingerprint density at radius 2 is 1.95 bits per heavy atom. The van der Waals surface area contributed by atoms with Crippen molar-refractivity contribution in [2.45, 2.75) is 59.0 Å². The van der Waals surface area contributed by atoms with E-state index in [0.717, 1.165) is 18.5 Å². The molecule has 1 aromatic rings. The molecule has 2 unspecified atom stereocenters. The summed E-state index contributed by atoms with van der Waals surface area (Å²) in [6.07, 6.45) is 3.97. The van der Waals surface area contributed by atoms with Gasteiger partial charge in [0.1, 0.15) is 0 Å². The van der Waals surface area contributed by atoms with Gasteiger partial charge in [0, 0.05) is 18.6 Å². The Morgan fingerprint density at radius 1 is 1.24 bits per heavy atom. The van der Waals surface area contributed by atoms with Gasteiger partial charge in [-0.3, -0.25) is 0 Å². The van der Waals surface area contributed by atoms with Crippen molar-refractivity contribution >= 4 is 0 Å². The normalized spacial score (nSPS) is 21.1. The number of rotatable bonds is 7. The molecule has 1 aliphatic rings. The van der Waals surface area contributed by atoms with Crippen LogP contribution < -0.4 is 5.32 Å². The highest BCUT2D eigenvalue weighted by Crippen LogP contribution is 2.26. The van der Waals surface area contributed by atoms with E-state index in [4.69, 9.17) is 0 Å². The van der Waals surface area contributed by atoms with E-state index >= 15 is 0 Å². The SMILES string of the molecule is CCNC(CCN1CCCC1C(C)C)c1ccc(C)cc1. The number of likely N-dealkylation sites (tertiary alicyclic amines) is 1. The zero-order valence-electron chi connectivity index (χ0n) is 14.2. The van der Waals surface area contributed by atoms with Crippen LogP contribution in [0.2, 0.25) is 0 Å². The number of benzene rings is 1. The Labute approximate surface area is 130 Å². The van der Waals surface area contributed by atoms with Crippen LogP contribution in [0.3, 0.4) is 0 Å². The van der Waals surface area contributed by atoms with Crippen LogP contribution in [0.5, 0.6) is 0 Å². The fraction of sp³-hybridized carbons (Fsp3) is 0.684. The van der Waals surface area contributed by atoms with Gasteiger partial charge in [0.25, 0.3) is 0 Å². The molecule has 1 N–H and O–H groups in total. The Balaban J connectivity index is 1.95. The largest absolute Gasteiger partial charge is 0.310 e. The number of hydrogen-bond acceptors (Lipinski definition) is 2. The summed E-state index contributed by atoms with van der Waals surface area (Å²) in [4.78, 5) is 2.71. The van der Waals surface area contributed by atoms with Crippen LogP contribution in [-0.4, -0.2) is 30.6 Å². The average molecular weight is 288 g/mol. The van der Waals surface area contributed by atoms with Crippen molar-refractivity contribution < 1.29 is 0 Å². The fourth-order valence-corrected chi connectivity index (χ4v) is 3.61. The highest BCUT2D eigenvalue weighted by Gasteiger charge is 2.27. The van der Waals surface area contributed by atoms with Crippen molar-refractivity contribution in [3.8, 4) is 0 Å². The summed E-state index contributed by atoms with van der Waals surface area (Å²) in [6.45, 7) is 12.6. The van der Waals surface area contributed by atoms with Crippen LogP contribution in [0.15, 0.2) is 24.3 Å². The summed E-state index contributed by atoms with van der Waals surface area (Å²) >= 11 is 0. The van der Waals surface area contributed by atoms with Crippen molar-refractivity contribution in [1.29, 1.82) is 0 Å². The lowest BCUT2D eigenvalue weighted by Crippen LogP contribution is -2.36. The van der Waals surface area contributed by atoms with Crippen molar-refractivity contribution in [2.24, 2.45) is 5.92 Å². The Kier molecular flexibility index (Phi) is 6.25. The molecule has 1 fully saturated rings. The standard InChI is InChI=1S/C19H32N2/c1-5-20-18(17-10-8-16(4)9-11-17)12-14-21-13-6-7-19(21)15(2)3/h8-11,15,18-20H,5-7,12-14H2,1-4H3. The van der Waals surface area contributed by atoms with Crippen LogP contribution >= 0.6 is 0 Å². The van der Waals surface area contributed by atoms with Crippen LogP contribution in [0.1, 0.15) is 57.2 Å². The van der Waals surface area contributed by atoms with Crippen molar-refractivity contribution in [3.05, 3.63) is 35.4 Å². The van der Waals surface area contributed by atoms with E-state index in [2.05, 4.69) is 62.2 Å². The van der Waals surface area contributed by atoms with Gasteiger partial charge in [0.15, 0.2) is 0 Å². The van der Waals surface area contributed by atoms with Gasteiger partial charge in [-0.15, -0.1) is 0 Å². The molecule has 118 valence electrons. The molecule has 0 saturated carbocycles. The van der Waals surface area contributed by atoms with Crippen LogP contribution in [0.25, 0.3) is 0 Å². The monoisotopic (exact) mass is 288 g/mol. The molecule has 0 radical (unpaired) electrons. The average Bonchev–Trinajstić information content (AvgIpc) is 2.93. The number of aryl methyl sites for hydroxylation is 1. The molecule has 1 aliphatic heterocycles. The lowest BCUT2D eigenvalue weighted by Gasteiger charge is -2.29. The second-order valence-corrected chi connectivity index (χ2v) is 6.80. The van der Waals surface area contributed by atoms with Gasteiger partial charge >= 0.3 is 0 Å². The maximum atomic E-state index is 3.66. The second-order valence-electron chi connectivity index (χ2n) is 6.80. The molecular weight excluding hydrogens is 256 g/mol. The highest BCUT2D eigenvalue weighted by molar-refractivity contribution is 5.24. The van der Waals surface area contributed by atoms with Gasteiger partial charge in [-0.25, -0.2) is 0 Å². The minimum atomic E-state index is 0.490. The quantitative estimate of drug-likeness (QED) is 0.810. The van der Waals surface area contributed by atoms with Crippen LogP contribution in [0.4, 0.5) is 0 Å². The lowest BCUT2D eigenvalue weighted by atomic mass is 9.99. The maximum Gasteiger partial charge on any atom is 0.0332 e. The highest BCUT2D eigenvalue weighted by atomic mass is 15.2.